The van der Waals surface area contributed by atoms with Crippen LogP contribution >= 0.6 is 0 Å². The molecule has 1 heteroatoms. The van der Waals surface area contributed by atoms with Crippen molar-refractivity contribution in [3.8, 4) is 0 Å². The SMILES string of the molecule is C1=CC=CC(C2CCCCC2)=NC=C1. The summed E-state index contributed by atoms with van der Waals surface area (Å²) in [4.78, 5) is 4.50. The standard InChI is InChI=1S/C13H17N/c1-2-7-11-14-13(10-6-1)12-8-4-3-5-9-12/h1-2,6-7,10-12H,3-5,8-9H2. The molecule has 0 aromatic carbocycles. The van der Waals surface area contributed by atoms with Crippen LogP contribution in [-0.2, 0) is 0 Å². The van der Waals surface area contributed by atoms with E-state index in [1.54, 1.807) is 0 Å². The van der Waals surface area contributed by atoms with Crippen LogP contribution < -0.4 is 0 Å². The zero-order valence-corrected chi connectivity index (χ0v) is 8.52. The topological polar surface area (TPSA) is 12.4 Å². The first-order chi connectivity index (χ1) is 6.97. The van der Waals surface area contributed by atoms with Crippen molar-refractivity contribution in [2.75, 3.05) is 0 Å². The number of hydrogen-bond acceptors (Lipinski definition) is 1. The molecular weight excluding hydrogens is 170 g/mol. The van der Waals surface area contributed by atoms with E-state index in [1.807, 2.05) is 18.4 Å². The summed E-state index contributed by atoms with van der Waals surface area (Å²) in [6.07, 6.45) is 19.0. The van der Waals surface area contributed by atoms with Crippen molar-refractivity contribution < 1.29 is 0 Å². The maximum Gasteiger partial charge on any atom is 0.0434 e. The van der Waals surface area contributed by atoms with E-state index in [2.05, 4.69) is 23.2 Å². The van der Waals surface area contributed by atoms with Gasteiger partial charge in [0.05, 0.1) is 0 Å². The van der Waals surface area contributed by atoms with Crippen LogP contribution in [0.5, 0.6) is 0 Å². The van der Waals surface area contributed by atoms with Gasteiger partial charge in [-0.3, -0.25) is 4.99 Å². The van der Waals surface area contributed by atoms with Crippen molar-refractivity contribution >= 4 is 5.71 Å². The molecule has 0 N–H and O–H groups in total. The summed E-state index contributed by atoms with van der Waals surface area (Å²) in [7, 11) is 0. The maximum atomic E-state index is 4.50. The smallest absolute Gasteiger partial charge is 0.0434 e. The van der Waals surface area contributed by atoms with Gasteiger partial charge in [-0.05, 0) is 25.0 Å². The molecule has 0 aromatic rings. The van der Waals surface area contributed by atoms with Gasteiger partial charge < -0.3 is 0 Å². The second kappa shape index (κ2) is 4.94. The van der Waals surface area contributed by atoms with Gasteiger partial charge in [0.1, 0.15) is 0 Å². The van der Waals surface area contributed by atoms with Gasteiger partial charge in [-0.2, -0.15) is 0 Å². The molecule has 0 atom stereocenters. The van der Waals surface area contributed by atoms with E-state index in [1.165, 1.54) is 37.8 Å². The number of allylic oxidation sites excluding steroid dienone is 5. The van der Waals surface area contributed by atoms with Crippen LogP contribution in [0.4, 0.5) is 0 Å². The normalized spacial score (nSPS) is 23.0. The largest absolute Gasteiger partial charge is 0.261 e. The Labute approximate surface area is 85.9 Å². The minimum atomic E-state index is 0.705. The van der Waals surface area contributed by atoms with Crippen LogP contribution in [0.3, 0.4) is 0 Å². The summed E-state index contributed by atoms with van der Waals surface area (Å²) in [5.74, 6) is 0.705. The van der Waals surface area contributed by atoms with E-state index in [0.717, 1.165) is 0 Å². The molecule has 0 amide bonds. The molecule has 1 aliphatic heterocycles. The molecular formula is C13H17N. The fourth-order valence-corrected chi connectivity index (χ4v) is 2.14. The molecule has 1 saturated carbocycles. The Kier molecular flexibility index (Phi) is 3.33. The Morgan fingerprint density at radius 3 is 2.57 bits per heavy atom. The molecule has 1 heterocycles. The Balaban J connectivity index is 2.07. The highest BCUT2D eigenvalue weighted by molar-refractivity contribution is 5.97. The van der Waals surface area contributed by atoms with Gasteiger partial charge in [0, 0.05) is 17.8 Å². The third-order valence-corrected chi connectivity index (χ3v) is 2.93. The van der Waals surface area contributed by atoms with Crippen molar-refractivity contribution in [1.82, 2.24) is 0 Å². The van der Waals surface area contributed by atoms with Gasteiger partial charge in [0.2, 0.25) is 0 Å². The lowest BCUT2D eigenvalue weighted by atomic mass is 9.85. The molecule has 0 aromatic heterocycles. The Morgan fingerprint density at radius 2 is 1.71 bits per heavy atom. The van der Waals surface area contributed by atoms with Crippen molar-refractivity contribution in [2.24, 2.45) is 10.9 Å². The van der Waals surface area contributed by atoms with E-state index < -0.39 is 0 Å². The van der Waals surface area contributed by atoms with Crippen LogP contribution in [0.1, 0.15) is 32.1 Å². The Bertz CT molecular complexity index is 288. The fourth-order valence-electron chi connectivity index (χ4n) is 2.14. The zero-order valence-electron chi connectivity index (χ0n) is 8.52. The van der Waals surface area contributed by atoms with Crippen LogP contribution in [0, 0.1) is 5.92 Å². The third-order valence-electron chi connectivity index (χ3n) is 2.93. The molecule has 0 unspecified atom stereocenters. The zero-order chi connectivity index (χ0) is 9.64. The lowest BCUT2D eigenvalue weighted by Crippen LogP contribution is -2.15. The average Bonchev–Trinajstić information content (AvgIpc) is 2.18. The van der Waals surface area contributed by atoms with Crippen molar-refractivity contribution in [1.29, 1.82) is 0 Å². The number of hydrogen-bond donors (Lipinski definition) is 0. The number of nitrogens with zero attached hydrogens (tertiary/aromatic N) is 1. The first-order valence-corrected chi connectivity index (χ1v) is 5.54. The molecule has 2 rings (SSSR count). The van der Waals surface area contributed by atoms with Gasteiger partial charge in [-0.15, -0.1) is 0 Å². The van der Waals surface area contributed by atoms with Gasteiger partial charge in [-0.25, -0.2) is 0 Å². The number of aliphatic imine (C=N–C) groups is 1. The molecule has 0 bridgehead atoms. The monoisotopic (exact) mass is 187 g/mol. The summed E-state index contributed by atoms with van der Waals surface area (Å²) >= 11 is 0. The van der Waals surface area contributed by atoms with E-state index in [-0.39, 0.29) is 0 Å². The summed E-state index contributed by atoms with van der Waals surface area (Å²) in [6.45, 7) is 0. The van der Waals surface area contributed by atoms with Crippen molar-refractivity contribution in [2.45, 2.75) is 32.1 Å². The predicted molar refractivity (Wildman–Crippen MR) is 61.4 cm³/mol. The van der Waals surface area contributed by atoms with E-state index in [0.29, 0.717) is 5.92 Å². The first kappa shape index (κ1) is 9.45. The fraction of sp³-hybridized carbons (Fsp3) is 0.462. The number of rotatable bonds is 1. The average molecular weight is 187 g/mol. The van der Waals surface area contributed by atoms with Gasteiger partial charge in [-0.1, -0.05) is 37.5 Å². The quantitative estimate of drug-likeness (QED) is 0.594. The predicted octanol–water partition coefficient (Wildman–Crippen LogP) is 3.65. The highest BCUT2D eigenvalue weighted by atomic mass is 14.7. The van der Waals surface area contributed by atoms with Gasteiger partial charge in [0.15, 0.2) is 0 Å². The minimum absolute atomic E-state index is 0.705. The van der Waals surface area contributed by atoms with Crippen LogP contribution in [0.15, 0.2) is 41.6 Å². The minimum Gasteiger partial charge on any atom is -0.261 e. The van der Waals surface area contributed by atoms with E-state index in [9.17, 15) is 0 Å². The van der Waals surface area contributed by atoms with Gasteiger partial charge >= 0.3 is 0 Å². The molecule has 1 nitrogen and oxygen atoms in total. The molecule has 0 saturated heterocycles. The summed E-state index contributed by atoms with van der Waals surface area (Å²) in [5.41, 5.74) is 1.27. The van der Waals surface area contributed by atoms with E-state index >= 15 is 0 Å². The van der Waals surface area contributed by atoms with Crippen LogP contribution in [-0.4, -0.2) is 5.71 Å². The summed E-state index contributed by atoms with van der Waals surface area (Å²) in [6, 6.07) is 0. The highest BCUT2D eigenvalue weighted by Crippen LogP contribution is 2.25. The second-order valence-corrected chi connectivity index (χ2v) is 3.97. The third kappa shape index (κ3) is 2.44. The molecule has 2 aliphatic rings. The highest BCUT2D eigenvalue weighted by Gasteiger charge is 2.16. The molecule has 1 fully saturated rings. The molecule has 1 aliphatic carbocycles. The molecule has 0 spiro atoms. The molecule has 74 valence electrons. The lowest BCUT2D eigenvalue weighted by Gasteiger charge is -2.21. The lowest BCUT2D eigenvalue weighted by molar-refractivity contribution is 0.440. The van der Waals surface area contributed by atoms with Gasteiger partial charge in [0.25, 0.3) is 0 Å². The van der Waals surface area contributed by atoms with Crippen molar-refractivity contribution in [3.63, 3.8) is 0 Å². The van der Waals surface area contributed by atoms with Crippen molar-refractivity contribution in [3.05, 3.63) is 36.6 Å². The summed E-state index contributed by atoms with van der Waals surface area (Å²) in [5, 5.41) is 0. The molecule has 0 radical (unpaired) electrons. The van der Waals surface area contributed by atoms with Crippen LogP contribution in [0.25, 0.3) is 0 Å². The van der Waals surface area contributed by atoms with Crippen LogP contribution in [0.2, 0.25) is 0 Å². The Hall–Kier alpha value is -1.11. The molecule has 14 heavy (non-hydrogen) atoms. The summed E-state index contributed by atoms with van der Waals surface area (Å²) < 4.78 is 0. The second-order valence-electron chi connectivity index (χ2n) is 3.97. The van der Waals surface area contributed by atoms with E-state index in [4.69, 9.17) is 0 Å². The maximum absolute atomic E-state index is 4.50. The first-order valence-electron chi connectivity index (χ1n) is 5.54. The Morgan fingerprint density at radius 1 is 0.929 bits per heavy atom.